The van der Waals surface area contributed by atoms with E-state index in [0.29, 0.717) is 5.92 Å². The molecule has 0 bridgehead atoms. The average molecular weight is 439 g/mol. The number of halogens is 3. The summed E-state index contributed by atoms with van der Waals surface area (Å²) in [5.41, 5.74) is 2.46. The van der Waals surface area contributed by atoms with E-state index in [1.165, 1.54) is 11.1 Å². The van der Waals surface area contributed by atoms with Gasteiger partial charge in [-0.3, -0.25) is 0 Å². The maximum absolute atomic E-state index is 12.0. The van der Waals surface area contributed by atoms with Gasteiger partial charge in [-0.15, -0.1) is 0 Å². The van der Waals surface area contributed by atoms with Crippen LogP contribution in [0.1, 0.15) is 30.9 Å². The van der Waals surface area contributed by atoms with Gasteiger partial charge in [0.2, 0.25) is 0 Å². The van der Waals surface area contributed by atoms with Crippen molar-refractivity contribution in [2.24, 2.45) is 0 Å². The first-order valence-corrected chi connectivity index (χ1v) is 15.7. The van der Waals surface area contributed by atoms with Crippen LogP contribution in [0.5, 0.6) is 0 Å². The van der Waals surface area contributed by atoms with E-state index in [9.17, 15) is 13.2 Å². The summed E-state index contributed by atoms with van der Waals surface area (Å²) in [6.45, 7) is 4.27. The topological polar surface area (TPSA) is 0 Å². The second-order valence-corrected chi connectivity index (χ2v) is 20.0. The Balaban J connectivity index is 2.33. The molecule has 0 fully saturated rings. The molecule has 0 nitrogen and oxygen atoms in total. The number of alkyl halides is 3. The molecule has 0 aromatic heterocycles. The van der Waals surface area contributed by atoms with Crippen LogP contribution in [0.3, 0.4) is 0 Å². The summed E-state index contributed by atoms with van der Waals surface area (Å²) in [5.74, 6) is 0.507. The molecule has 96 valence electrons. The van der Waals surface area contributed by atoms with E-state index in [1.54, 1.807) is 0 Å². The van der Waals surface area contributed by atoms with Crippen LogP contribution >= 0.6 is 0 Å². The van der Waals surface area contributed by atoms with Gasteiger partial charge in [-0.05, 0) is 0 Å². The molecule has 0 saturated carbocycles. The van der Waals surface area contributed by atoms with Crippen LogP contribution in [0.2, 0.25) is 0 Å². The molecule has 0 aliphatic rings. The first-order chi connectivity index (χ1) is 7.88. The molecule has 0 unspecified atom stereocenters. The predicted molar refractivity (Wildman–Crippen MR) is 67.6 cm³/mol. The molecule has 0 aliphatic carbocycles. The van der Waals surface area contributed by atoms with Gasteiger partial charge in [0.25, 0.3) is 0 Å². The van der Waals surface area contributed by atoms with Gasteiger partial charge in [-0.1, -0.05) is 0 Å². The molecular weight excluding hydrogens is 426 g/mol. The van der Waals surface area contributed by atoms with E-state index >= 15 is 0 Å². The first-order valence-electron chi connectivity index (χ1n) is 5.01. The van der Waals surface area contributed by atoms with Crippen molar-refractivity contribution in [1.82, 2.24) is 0 Å². The number of rotatable bonds is 5. The fourth-order valence-corrected chi connectivity index (χ4v) is 15.4. The third-order valence-corrected chi connectivity index (χ3v) is 18.2. The zero-order valence-electron chi connectivity index (χ0n) is 9.45. The van der Waals surface area contributed by atoms with E-state index in [4.69, 9.17) is 0 Å². The Morgan fingerprint density at radius 2 is 1.71 bits per heavy atom. The van der Waals surface area contributed by atoms with Crippen LogP contribution in [0.25, 0.3) is 0 Å². The third kappa shape index (κ3) is 6.90. The second-order valence-electron chi connectivity index (χ2n) is 3.76. The van der Waals surface area contributed by atoms with Crippen molar-refractivity contribution in [3.63, 3.8) is 0 Å². The molecule has 1 rings (SSSR count). The summed E-state index contributed by atoms with van der Waals surface area (Å²) < 4.78 is 35.9. The molecular formula is C11H13F3Se3. The Morgan fingerprint density at radius 3 is 2.18 bits per heavy atom. The van der Waals surface area contributed by atoms with Crippen LogP contribution in [0.4, 0.5) is 13.2 Å². The summed E-state index contributed by atoms with van der Waals surface area (Å²) in [4.78, 5) is 0. The molecule has 1 aromatic carbocycles. The van der Waals surface area contributed by atoms with Crippen LogP contribution in [-0.4, -0.2) is 42.6 Å². The molecule has 0 heterocycles. The quantitative estimate of drug-likeness (QED) is 0.490. The van der Waals surface area contributed by atoms with Crippen LogP contribution in [0.15, 0.2) is 24.3 Å². The van der Waals surface area contributed by atoms with Gasteiger partial charge in [-0.25, -0.2) is 0 Å². The zero-order valence-corrected chi connectivity index (χ0v) is 14.6. The van der Waals surface area contributed by atoms with Gasteiger partial charge in [0.15, 0.2) is 0 Å². The van der Waals surface area contributed by atoms with E-state index in [0.717, 1.165) is 5.32 Å². The second kappa shape index (κ2) is 7.23. The van der Waals surface area contributed by atoms with Crippen LogP contribution < -0.4 is 0 Å². The molecule has 0 aliphatic heterocycles. The Labute approximate surface area is 116 Å². The Kier molecular flexibility index (Phi) is 6.64. The van der Waals surface area contributed by atoms with Gasteiger partial charge in [-0.2, -0.15) is 0 Å². The molecule has 0 spiro atoms. The van der Waals surface area contributed by atoms with Gasteiger partial charge < -0.3 is 0 Å². The Morgan fingerprint density at radius 1 is 1.12 bits per heavy atom. The van der Waals surface area contributed by atoms with E-state index in [1.807, 2.05) is 12.1 Å². The monoisotopic (exact) mass is 442 g/mol. The van der Waals surface area contributed by atoms with Crippen LogP contribution in [0, 0.1) is 0 Å². The molecule has 0 radical (unpaired) electrons. The summed E-state index contributed by atoms with van der Waals surface area (Å²) in [5, 5.41) is -3.07. The minimum atomic E-state index is -3.91. The van der Waals surface area contributed by atoms with Gasteiger partial charge >= 0.3 is 116 Å². The summed E-state index contributed by atoms with van der Waals surface area (Å²) in [7, 11) is 0. The SMILES string of the molecule is CC(C)c1ccc(C[Se][Se][Se]C(F)(F)F)cc1. The standard InChI is InChI=1S/C11H13F3Se3/c1-8(2)10-5-3-9(4-6-10)7-15-17-16-11(12,13)14/h3-6,8H,7H2,1-2H3. The van der Waals surface area contributed by atoms with Crippen molar-refractivity contribution in [1.29, 1.82) is 0 Å². The molecule has 6 heteroatoms. The van der Waals surface area contributed by atoms with Crippen molar-refractivity contribution in [3.05, 3.63) is 35.4 Å². The van der Waals surface area contributed by atoms with Crippen molar-refractivity contribution >= 4 is 37.6 Å². The summed E-state index contributed by atoms with van der Waals surface area (Å²) >= 11 is -1.19. The molecule has 1 aromatic rings. The fourth-order valence-electron chi connectivity index (χ4n) is 1.15. The average Bonchev–Trinajstić information content (AvgIpc) is 2.24. The zero-order chi connectivity index (χ0) is 12.9. The van der Waals surface area contributed by atoms with Crippen molar-refractivity contribution in [3.8, 4) is 0 Å². The van der Waals surface area contributed by atoms with E-state index in [2.05, 4.69) is 26.0 Å². The summed E-state index contributed by atoms with van der Waals surface area (Å²) in [6.07, 6.45) is 0. The van der Waals surface area contributed by atoms with Crippen molar-refractivity contribution in [2.75, 3.05) is 0 Å². The van der Waals surface area contributed by atoms with Gasteiger partial charge in [0.1, 0.15) is 0 Å². The van der Waals surface area contributed by atoms with Gasteiger partial charge in [0.05, 0.1) is 0 Å². The van der Waals surface area contributed by atoms with Gasteiger partial charge in [0, 0.05) is 0 Å². The first kappa shape index (κ1) is 15.6. The number of hydrogen-bond acceptors (Lipinski definition) is 0. The van der Waals surface area contributed by atoms with E-state index in [-0.39, 0.29) is 24.4 Å². The molecule has 0 N–H and O–H groups in total. The van der Waals surface area contributed by atoms with Crippen LogP contribution in [-0.2, 0) is 5.32 Å². The normalized spacial score (nSPS) is 12.1. The molecule has 0 saturated heterocycles. The summed E-state index contributed by atoms with van der Waals surface area (Å²) in [6, 6.07) is 8.26. The fraction of sp³-hybridized carbons (Fsp3) is 0.455. The number of hydrogen-bond donors (Lipinski definition) is 0. The maximum atomic E-state index is 12.0. The Bertz CT molecular complexity index is 333. The van der Waals surface area contributed by atoms with Crippen molar-refractivity contribution < 1.29 is 13.2 Å². The predicted octanol–water partition coefficient (Wildman–Crippen LogP) is 2.77. The molecule has 17 heavy (non-hydrogen) atoms. The van der Waals surface area contributed by atoms with Crippen molar-refractivity contribution in [2.45, 2.75) is 30.2 Å². The minimum absolute atomic E-state index is 0.141. The third-order valence-electron chi connectivity index (χ3n) is 2.05. The molecule has 0 amide bonds. The van der Waals surface area contributed by atoms with E-state index < -0.39 is 18.2 Å². The number of benzene rings is 1. The Hall–Kier alpha value is 0.568. The molecule has 0 atom stereocenters.